The summed E-state index contributed by atoms with van der Waals surface area (Å²) in [5.74, 6) is 1.15. The second-order valence-corrected chi connectivity index (χ2v) is 8.59. The summed E-state index contributed by atoms with van der Waals surface area (Å²) < 4.78 is 13.2. The van der Waals surface area contributed by atoms with Crippen LogP contribution in [0.4, 0.5) is 10.6 Å². The Bertz CT molecular complexity index is 1110. The van der Waals surface area contributed by atoms with E-state index in [1.54, 1.807) is 11.8 Å². The highest BCUT2D eigenvalue weighted by atomic mass is 16.5. The molecule has 3 aromatic rings. The first-order valence-corrected chi connectivity index (χ1v) is 11.7. The molecule has 0 saturated carbocycles. The molecule has 3 N–H and O–H groups in total. The second kappa shape index (κ2) is 11.2. The summed E-state index contributed by atoms with van der Waals surface area (Å²) in [4.78, 5) is 12.9. The fraction of sp³-hybridized carbons (Fsp3) is 0.385. The van der Waals surface area contributed by atoms with Crippen molar-refractivity contribution in [2.24, 2.45) is 0 Å². The van der Waals surface area contributed by atoms with E-state index in [0.29, 0.717) is 24.8 Å². The number of hydrogen-bond acceptors (Lipinski definition) is 5. The number of benzene rings is 2. The summed E-state index contributed by atoms with van der Waals surface area (Å²) in [6.07, 6.45) is 1.98. The molecule has 0 bridgehead atoms. The third kappa shape index (κ3) is 5.76. The molecule has 1 fully saturated rings. The van der Waals surface area contributed by atoms with Crippen LogP contribution in [0.5, 0.6) is 5.88 Å². The number of ether oxygens (including phenoxy) is 2. The topological polar surface area (TPSA) is 89.4 Å². The molecule has 4 rings (SSSR count). The van der Waals surface area contributed by atoms with Gasteiger partial charge in [0.05, 0.1) is 17.9 Å². The minimum absolute atomic E-state index is 0.114. The molecular weight excluding hydrogens is 430 g/mol. The summed E-state index contributed by atoms with van der Waals surface area (Å²) in [6, 6.07) is 15.6. The van der Waals surface area contributed by atoms with Crippen molar-refractivity contribution in [3.05, 3.63) is 70.8 Å². The minimum atomic E-state index is -0.301. The Hall–Kier alpha value is -3.36. The molecule has 1 saturated heterocycles. The van der Waals surface area contributed by atoms with Crippen LogP contribution < -0.4 is 20.7 Å². The van der Waals surface area contributed by atoms with Gasteiger partial charge in [-0.1, -0.05) is 36.4 Å². The van der Waals surface area contributed by atoms with Crippen LogP contribution in [0.15, 0.2) is 48.5 Å². The van der Waals surface area contributed by atoms with Crippen molar-refractivity contribution in [3.8, 4) is 11.6 Å². The molecule has 2 amide bonds. The van der Waals surface area contributed by atoms with Crippen LogP contribution in [0.3, 0.4) is 0 Å². The lowest BCUT2D eigenvalue weighted by Gasteiger charge is -2.22. The van der Waals surface area contributed by atoms with Crippen LogP contribution in [-0.4, -0.2) is 42.1 Å². The number of carbonyl (C=O) groups excluding carboxylic acids is 1. The van der Waals surface area contributed by atoms with E-state index in [-0.39, 0.29) is 12.1 Å². The molecule has 1 aliphatic heterocycles. The number of hydrogen-bond donors (Lipinski definition) is 3. The molecule has 0 aliphatic carbocycles. The van der Waals surface area contributed by atoms with Gasteiger partial charge in [0, 0.05) is 13.7 Å². The standard InChI is InChI=1S/C26H33N5O3/c1-18-9-10-20(17-33-3)15-21(18)16-28-26(32)29-24-19(2)25(34-23-11-13-27-14-12-23)30-31(24)22-7-5-4-6-8-22/h4-10,15,23,27H,11-14,16-17H2,1-3H3,(H2,28,29,32). The van der Waals surface area contributed by atoms with Gasteiger partial charge in [-0.3, -0.25) is 5.32 Å². The highest BCUT2D eigenvalue weighted by Crippen LogP contribution is 2.30. The van der Waals surface area contributed by atoms with Crippen molar-refractivity contribution in [2.45, 2.75) is 45.9 Å². The maximum atomic E-state index is 12.9. The average Bonchev–Trinajstić information content (AvgIpc) is 3.15. The molecule has 2 heterocycles. The predicted molar refractivity (Wildman–Crippen MR) is 133 cm³/mol. The Morgan fingerprint density at radius 2 is 1.91 bits per heavy atom. The number of para-hydroxylation sites is 1. The third-order valence-corrected chi connectivity index (χ3v) is 6.04. The van der Waals surface area contributed by atoms with Crippen molar-refractivity contribution >= 4 is 11.8 Å². The third-order valence-electron chi connectivity index (χ3n) is 6.04. The van der Waals surface area contributed by atoms with Crippen LogP contribution in [-0.2, 0) is 17.9 Å². The summed E-state index contributed by atoms with van der Waals surface area (Å²) >= 11 is 0. The maximum absolute atomic E-state index is 12.9. The number of piperidine rings is 1. The van der Waals surface area contributed by atoms with E-state index < -0.39 is 0 Å². The zero-order valence-corrected chi connectivity index (χ0v) is 20.1. The molecule has 180 valence electrons. The number of nitrogens with zero attached hydrogens (tertiary/aromatic N) is 2. The largest absolute Gasteiger partial charge is 0.473 e. The van der Waals surface area contributed by atoms with Crippen molar-refractivity contribution < 1.29 is 14.3 Å². The van der Waals surface area contributed by atoms with Crippen LogP contribution >= 0.6 is 0 Å². The predicted octanol–water partition coefficient (Wildman–Crippen LogP) is 4.09. The van der Waals surface area contributed by atoms with E-state index >= 15 is 0 Å². The quantitative estimate of drug-likeness (QED) is 0.468. The lowest BCUT2D eigenvalue weighted by Crippen LogP contribution is -2.34. The Balaban J connectivity index is 1.51. The smallest absolute Gasteiger partial charge is 0.320 e. The van der Waals surface area contributed by atoms with Crippen molar-refractivity contribution in [1.29, 1.82) is 0 Å². The lowest BCUT2D eigenvalue weighted by molar-refractivity contribution is 0.154. The molecule has 0 spiro atoms. The molecule has 1 aromatic heterocycles. The highest BCUT2D eigenvalue weighted by Gasteiger charge is 2.22. The zero-order chi connectivity index (χ0) is 23.9. The average molecular weight is 464 g/mol. The van der Waals surface area contributed by atoms with Crippen LogP contribution in [0.1, 0.15) is 35.1 Å². The van der Waals surface area contributed by atoms with Gasteiger partial charge in [-0.05, 0) is 68.6 Å². The van der Waals surface area contributed by atoms with Gasteiger partial charge < -0.3 is 20.1 Å². The number of methoxy groups -OCH3 is 1. The fourth-order valence-corrected chi connectivity index (χ4v) is 4.06. The Labute approximate surface area is 200 Å². The van der Waals surface area contributed by atoms with E-state index in [4.69, 9.17) is 14.6 Å². The zero-order valence-electron chi connectivity index (χ0n) is 20.1. The molecule has 2 aromatic carbocycles. The second-order valence-electron chi connectivity index (χ2n) is 8.59. The number of amides is 2. The molecule has 8 heteroatoms. The summed E-state index contributed by atoms with van der Waals surface area (Å²) in [6.45, 7) is 6.77. The fourth-order valence-electron chi connectivity index (χ4n) is 4.06. The van der Waals surface area contributed by atoms with Crippen LogP contribution in [0, 0.1) is 13.8 Å². The van der Waals surface area contributed by atoms with Gasteiger partial charge in [0.15, 0.2) is 0 Å². The monoisotopic (exact) mass is 463 g/mol. The number of nitrogens with one attached hydrogen (secondary N) is 3. The molecule has 0 radical (unpaired) electrons. The molecule has 0 atom stereocenters. The van der Waals surface area contributed by atoms with E-state index in [1.807, 2.05) is 56.3 Å². The Morgan fingerprint density at radius 3 is 2.65 bits per heavy atom. The maximum Gasteiger partial charge on any atom is 0.320 e. The Kier molecular flexibility index (Phi) is 7.82. The molecule has 8 nitrogen and oxygen atoms in total. The number of rotatable bonds is 8. The summed E-state index contributed by atoms with van der Waals surface area (Å²) in [5.41, 5.74) is 4.89. The van der Waals surface area contributed by atoms with Crippen LogP contribution in [0.25, 0.3) is 5.69 Å². The number of aryl methyl sites for hydroxylation is 1. The van der Waals surface area contributed by atoms with Gasteiger partial charge in [-0.15, -0.1) is 5.10 Å². The first-order chi connectivity index (χ1) is 16.5. The molecule has 34 heavy (non-hydrogen) atoms. The van der Waals surface area contributed by atoms with E-state index in [2.05, 4.69) is 22.0 Å². The Morgan fingerprint density at radius 1 is 1.15 bits per heavy atom. The highest BCUT2D eigenvalue weighted by molar-refractivity contribution is 5.89. The normalized spacial score (nSPS) is 14.1. The van der Waals surface area contributed by atoms with Crippen LogP contribution in [0.2, 0.25) is 0 Å². The number of carbonyl (C=O) groups is 1. The summed E-state index contributed by atoms with van der Waals surface area (Å²) in [7, 11) is 1.67. The first kappa shape index (κ1) is 23.8. The molecule has 1 aliphatic rings. The number of urea groups is 1. The summed E-state index contributed by atoms with van der Waals surface area (Å²) in [5, 5.41) is 14.0. The van der Waals surface area contributed by atoms with Gasteiger partial charge in [-0.25, -0.2) is 9.48 Å². The first-order valence-electron chi connectivity index (χ1n) is 11.7. The number of aromatic nitrogens is 2. The van der Waals surface area contributed by atoms with E-state index in [0.717, 1.165) is 53.9 Å². The van der Waals surface area contributed by atoms with E-state index in [1.165, 1.54) is 0 Å². The molecular formula is C26H33N5O3. The van der Waals surface area contributed by atoms with Gasteiger partial charge in [-0.2, -0.15) is 0 Å². The lowest BCUT2D eigenvalue weighted by atomic mass is 10.1. The SMILES string of the molecule is COCc1ccc(C)c(CNC(=O)Nc2c(C)c(OC3CCNCC3)nn2-c2ccccc2)c1. The van der Waals surface area contributed by atoms with Crippen molar-refractivity contribution in [3.63, 3.8) is 0 Å². The van der Waals surface area contributed by atoms with E-state index in [9.17, 15) is 4.79 Å². The molecule has 0 unspecified atom stereocenters. The van der Waals surface area contributed by atoms with Gasteiger partial charge in [0.2, 0.25) is 5.88 Å². The van der Waals surface area contributed by atoms with Gasteiger partial charge in [0.25, 0.3) is 0 Å². The minimum Gasteiger partial charge on any atom is -0.473 e. The van der Waals surface area contributed by atoms with Crippen molar-refractivity contribution in [1.82, 2.24) is 20.4 Å². The number of anilines is 1. The van der Waals surface area contributed by atoms with Gasteiger partial charge in [0.1, 0.15) is 11.9 Å². The van der Waals surface area contributed by atoms with Crippen molar-refractivity contribution in [2.75, 3.05) is 25.5 Å². The van der Waals surface area contributed by atoms with Gasteiger partial charge >= 0.3 is 6.03 Å².